The van der Waals surface area contributed by atoms with Crippen molar-refractivity contribution in [3.8, 4) is 0 Å². The van der Waals surface area contributed by atoms with E-state index in [9.17, 15) is 0 Å². The molecule has 1 aromatic heterocycles. The maximum Gasteiger partial charge on any atom is 0.154 e. The van der Waals surface area contributed by atoms with Crippen LogP contribution in [-0.2, 0) is 17.7 Å². The average Bonchev–Trinajstić information content (AvgIpc) is 2.62. The lowest BCUT2D eigenvalue weighted by atomic mass is 10.00. The van der Waals surface area contributed by atoms with E-state index in [1.807, 2.05) is 0 Å². The maximum absolute atomic E-state index is 5.37. The molecular weight excluding hydrogens is 204 g/mol. The number of nitrogens with zero attached hydrogens (tertiary/aromatic N) is 3. The molecule has 1 N–H and O–H groups in total. The molecule has 0 aliphatic carbocycles. The summed E-state index contributed by atoms with van der Waals surface area (Å²) in [4.78, 5) is 4.69. The molecule has 0 aromatic carbocycles. The van der Waals surface area contributed by atoms with E-state index in [1.54, 1.807) is 0 Å². The smallest absolute Gasteiger partial charge is 0.154 e. The first-order valence-electron chi connectivity index (χ1n) is 6.15. The highest BCUT2D eigenvalue weighted by Crippen LogP contribution is 2.24. The summed E-state index contributed by atoms with van der Waals surface area (Å²) >= 11 is 0. The Kier molecular flexibility index (Phi) is 2.88. The summed E-state index contributed by atoms with van der Waals surface area (Å²) in [5.41, 5.74) is 0. The fourth-order valence-electron chi connectivity index (χ4n) is 2.40. The number of aromatic nitrogens is 3. The van der Waals surface area contributed by atoms with Crippen LogP contribution in [0.25, 0.3) is 0 Å². The normalized spacial score (nSPS) is 22.8. The van der Waals surface area contributed by atoms with Gasteiger partial charge in [-0.1, -0.05) is 0 Å². The Morgan fingerprint density at radius 3 is 3.00 bits per heavy atom. The molecule has 5 heteroatoms. The molecule has 0 radical (unpaired) electrons. The zero-order valence-corrected chi connectivity index (χ0v) is 9.48. The molecule has 1 saturated heterocycles. The first-order chi connectivity index (χ1) is 7.93. The van der Waals surface area contributed by atoms with Crippen molar-refractivity contribution in [2.75, 3.05) is 26.3 Å². The molecule has 0 amide bonds. The summed E-state index contributed by atoms with van der Waals surface area (Å²) in [5, 5.41) is 8.00. The molecule has 3 rings (SSSR count). The number of ether oxygens (including phenoxy) is 1. The molecule has 88 valence electrons. The van der Waals surface area contributed by atoms with Gasteiger partial charge in [0.1, 0.15) is 5.82 Å². The topological polar surface area (TPSA) is 52.0 Å². The lowest BCUT2D eigenvalue weighted by Gasteiger charge is -2.18. The maximum atomic E-state index is 5.37. The van der Waals surface area contributed by atoms with Crippen molar-refractivity contribution in [3.05, 3.63) is 11.6 Å². The van der Waals surface area contributed by atoms with Crippen molar-refractivity contribution in [1.29, 1.82) is 0 Å². The summed E-state index contributed by atoms with van der Waals surface area (Å²) in [6.45, 7) is 4.69. The molecule has 0 saturated carbocycles. The Hall–Kier alpha value is -0.940. The molecule has 5 nitrogen and oxygen atoms in total. The van der Waals surface area contributed by atoms with Crippen molar-refractivity contribution in [3.63, 3.8) is 0 Å². The van der Waals surface area contributed by atoms with Crippen molar-refractivity contribution < 1.29 is 4.74 Å². The van der Waals surface area contributed by atoms with Crippen molar-refractivity contribution in [2.45, 2.75) is 31.7 Å². The fraction of sp³-hybridized carbons (Fsp3) is 0.818. The van der Waals surface area contributed by atoms with E-state index in [-0.39, 0.29) is 0 Å². The van der Waals surface area contributed by atoms with Crippen LogP contribution in [0.4, 0.5) is 0 Å². The van der Waals surface area contributed by atoms with E-state index in [0.29, 0.717) is 5.92 Å². The third kappa shape index (κ3) is 1.97. The number of hydrogen-bond donors (Lipinski definition) is 1. The van der Waals surface area contributed by atoms with E-state index >= 15 is 0 Å². The van der Waals surface area contributed by atoms with E-state index < -0.39 is 0 Å². The molecule has 16 heavy (non-hydrogen) atoms. The predicted octanol–water partition coefficient (Wildman–Crippen LogP) is 0.318. The van der Waals surface area contributed by atoms with Gasteiger partial charge in [0.2, 0.25) is 0 Å². The van der Waals surface area contributed by atoms with Gasteiger partial charge >= 0.3 is 0 Å². The molecule has 1 fully saturated rings. The molecule has 3 heterocycles. The van der Waals surface area contributed by atoms with Gasteiger partial charge in [-0.2, -0.15) is 5.10 Å². The van der Waals surface area contributed by atoms with Gasteiger partial charge in [-0.15, -0.1) is 0 Å². The van der Waals surface area contributed by atoms with Gasteiger partial charge in [-0.05, 0) is 12.8 Å². The van der Waals surface area contributed by atoms with Gasteiger partial charge in [0, 0.05) is 38.6 Å². The largest absolute Gasteiger partial charge is 0.381 e. The van der Waals surface area contributed by atoms with Crippen LogP contribution in [0.1, 0.15) is 30.4 Å². The van der Waals surface area contributed by atoms with Gasteiger partial charge in [-0.25, -0.2) is 9.67 Å². The Bertz CT molecular complexity index is 333. The van der Waals surface area contributed by atoms with Crippen LogP contribution in [0.15, 0.2) is 0 Å². The minimum absolute atomic E-state index is 0.515. The molecular formula is C11H18N4O. The summed E-state index contributed by atoms with van der Waals surface area (Å²) in [6, 6.07) is 0. The van der Waals surface area contributed by atoms with Crippen LogP contribution < -0.4 is 5.32 Å². The number of fused-ring (bicyclic) bond motifs is 1. The molecule has 2 aliphatic rings. The molecule has 1 aromatic rings. The van der Waals surface area contributed by atoms with Crippen LogP contribution in [0.5, 0.6) is 0 Å². The van der Waals surface area contributed by atoms with Crippen molar-refractivity contribution in [1.82, 2.24) is 20.1 Å². The molecule has 0 bridgehead atoms. The van der Waals surface area contributed by atoms with Gasteiger partial charge in [0.25, 0.3) is 0 Å². The van der Waals surface area contributed by atoms with Gasteiger partial charge in [0.15, 0.2) is 5.82 Å². The molecule has 0 atom stereocenters. The molecule has 2 aliphatic heterocycles. The number of rotatable bonds is 1. The third-order valence-corrected chi connectivity index (χ3v) is 3.38. The quantitative estimate of drug-likeness (QED) is 0.743. The van der Waals surface area contributed by atoms with Crippen LogP contribution in [0.3, 0.4) is 0 Å². The minimum Gasteiger partial charge on any atom is -0.381 e. The van der Waals surface area contributed by atoms with Crippen LogP contribution in [-0.4, -0.2) is 41.1 Å². The van der Waals surface area contributed by atoms with Gasteiger partial charge in [-0.3, -0.25) is 0 Å². The van der Waals surface area contributed by atoms with Crippen LogP contribution in [0.2, 0.25) is 0 Å². The average molecular weight is 222 g/mol. The SMILES string of the molecule is C1Cc2nc(C3CCOCC3)nn2CCN1. The van der Waals surface area contributed by atoms with Crippen molar-refractivity contribution in [2.24, 2.45) is 0 Å². The van der Waals surface area contributed by atoms with Crippen molar-refractivity contribution >= 4 is 0 Å². The lowest BCUT2D eigenvalue weighted by Crippen LogP contribution is -2.19. The highest BCUT2D eigenvalue weighted by atomic mass is 16.5. The summed E-state index contributed by atoms with van der Waals surface area (Å²) < 4.78 is 7.45. The second kappa shape index (κ2) is 4.51. The molecule has 0 spiro atoms. The summed E-state index contributed by atoms with van der Waals surface area (Å²) in [5.74, 6) is 2.70. The molecule has 0 unspecified atom stereocenters. The van der Waals surface area contributed by atoms with E-state index in [4.69, 9.17) is 9.72 Å². The standard InChI is InChI=1S/C11H18N4O/c1-4-12-5-6-15-10(1)13-11(14-15)9-2-7-16-8-3-9/h9,12H,1-8H2. The zero-order chi connectivity index (χ0) is 10.8. The van der Waals surface area contributed by atoms with Crippen LogP contribution >= 0.6 is 0 Å². The van der Waals surface area contributed by atoms with E-state index in [0.717, 1.165) is 63.8 Å². The highest BCUT2D eigenvalue weighted by Gasteiger charge is 2.22. The lowest BCUT2D eigenvalue weighted by molar-refractivity contribution is 0.0835. The second-order valence-corrected chi connectivity index (χ2v) is 4.50. The van der Waals surface area contributed by atoms with Crippen LogP contribution in [0, 0.1) is 0 Å². The number of hydrogen-bond acceptors (Lipinski definition) is 4. The first kappa shape index (κ1) is 10.2. The second-order valence-electron chi connectivity index (χ2n) is 4.50. The highest BCUT2D eigenvalue weighted by molar-refractivity contribution is 5.02. The fourth-order valence-corrected chi connectivity index (χ4v) is 2.40. The van der Waals surface area contributed by atoms with Gasteiger partial charge < -0.3 is 10.1 Å². The first-order valence-corrected chi connectivity index (χ1v) is 6.15. The predicted molar refractivity (Wildman–Crippen MR) is 59.4 cm³/mol. The zero-order valence-electron chi connectivity index (χ0n) is 9.48. The summed E-state index contributed by atoms with van der Waals surface area (Å²) in [6.07, 6.45) is 3.14. The Balaban J connectivity index is 1.80. The minimum atomic E-state index is 0.515. The van der Waals surface area contributed by atoms with E-state index in [1.165, 1.54) is 0 Å². The van der Waals surface area contributed by atoms with E-state index in [2.05, 4.69) is 15.1 Å². The third-order valence-electron chi connectivity index (χ3n) is 3.38. The number of nitrogens with one attached hydrogen (secondary N) is 1. The monoisotopic (exact) mass is 222 g/mol. The Labute approximate surface area is 95.2 Å². The van der Waals surface area contributed by atoms with Gasteiger partial charge in [0.05, 0.1) is 6.54 Å². The Morgan fingerprint density at radius 2 is 2.12 bits per heavy atom. The summed E-state index contributed by atoms with van der Waals surface area (Å²) in [7, 11) is 0. The Morgan fingerprint density at radius 1 is 1.25 bits per heavy atom.